The highest BCUT2D eigenvalue weighted by molar-refractivity contribution is 7.20. The van der Waals surface area contributed by atoms with E-state index in [0.717, 1.165) is 52.9 Å². The molecular weight excluding hydrogens is 500 g/mol. The number of carbonyl (C=O) groups is 2. The van der Waals surface area contributed by atoms with Gasteiger partial charge < -0.3 is 19.9 Å². The molecule has 1 saturated heterocycles. The van der Waals surface area contributed by atoms with Crippen LogP contribution in [0.1, 0.15) is 33.1 Å². The molecule has 4 heterocycles. The number of imidazole rings is 2. The number of ether oxygens (including phenoxy) is 1. The van der Waals surface area contributed by atoms with E-state index in [1.807, 2.05) is 34.9 Å². The highest BCUT2D eigenvalue weighted by atomic mass is 35.5. The number of benzene rings is 1. The van der Waals surface area contributed by atoms with Gasteiger partial charge in [0.2, 0.25) is 5.91 Å². The number of hydrogen-bond acceptors (Lipinski definition) is 6. The van der Waals surface area contributed by atoms with Crippen LogP contribution in [0.2, 0.25) is 5.02 Å². The first-order valence-corrected chi connectivity index (χ1v) is 13.0. The smallest absolute Gasteiger partial charge is 0.407 e. The topological polar surface area (TPSA) is 105 Å². The number of rotatable bonds is 4. The van der Waals surface area contributed by atoms with Crippen molar-refractivity contribution in [2.24, 2.45) is 0 Å². The summed E-state index contributed by atoms with van der Waals surface area (Å²) in [6.07, 6.45) is 10.3. The summed E-state index contributed by atoms with van der Waals surface area (Å²) in [6.45, 7) is 5.90. The monoisotopic (exact) mass is 530 g/mol. The Morgan fingerprint density at radius 2 is 1.86 bits per heavy atom. The highest BCUT2D eigenvalue weighted by Crippen LogP contribution is 2.30. The second-order valence-corrected chi connectivity index (χ2v) is 9.47. The zero-order chi connectivity index (χ0) is 25.9. The molecule has 192 valence electrons. The number of alkyl carbamates (subject to hydrolysis) is 1. The number of halogens is 1. The van der Waals surface area contributed by atoms with Crippen LogP contribution in [-0.4, -0.2) is 63.0 Å². The Hall–Kier alpha value is -3.37. The van der Waals surface area contributed by atoms with Crippen LogP contribution in [0.4, 0.5) is 4.79 Å². The van der Waals surface area contributed by atoms with Crippen LogP contribution < -0.4 is 5.32 Å². The number of carbonyl (C=O) groups excluding carboxylic acids is 2. The van der Waals surface area contributed by atoms with Crippen LogP contribution >= 0.6 is 22.9 Å². The molecule has 1 fully saturated rings. The lowest BCUT2D eigenvalue weighted by Crippen LogP contribution is -2.38. The van der Waals surface area contributed by atoms with Gasteiger partial charge in [-0.3, -0.25) is 9.20 Å². The van der Waals surface area contributed by atoms with Crippen molar-refractivity contribution in [1.29, 1.82) is 0 Å². The van der Waals surface area contributed by atoms with Crippen LogP contribution in [0.5, 0.6) is 0 Å². The van der Waals surface area contributed by atoms with Crippen molar-refractivity contribution >= 4 is 39.9 Å². The Morgan fingerprint density at radius 3 is 2.44 bits per heavy atom. The summed E-state index contributed by atoms with van der Waals surface area (Å²) in [5.74, 6) is -0.0390. The van der Waals surface area contributed by atoms with Crippen molar-refractivity contribution in [3.63, 3.8) is 0 Å². The fourth-order valence-electron chi connectivity index (χ4n) is 3.37. The molecule has 36 heavy (non-hydrogen) atoms. The van der Waals surface area contributed by atoms with Crippen molar-refractivity contribution in [3.8, 4) is 21.8 Å². The zero-order valence-corrected chi connectivity index (χ0v) is 22.2. The standard InChI is InChI=1S/C14H9ClN4S.C8H14N2O3.C3H8/c15-10-3-1-9(2-4-10)13-7-19-6-12(18-14(19)20-13)11-5-16-8-17-11;1-13-8(12)9-6-7(11)10-4-2-3-5-10;1-3-2/h1-8H,(H,16,17);2-6H2,1H3,(H,9,12);3H2,1-2H3. The Kier molecular flexibility index (Phi) is 10.3. The summed E-state index contributed by atoms with van der Waals surface area (Å²) in [7, 11) is 1.27. The maximum absolute atomic E-state index is 11.3. The van der Waals surface area contributed by atoms with Gasteiger partial charge in [-0.25, -0.2) is 14.8 Å². The number of H-pyrrole nitrogens is 1. The molecule has 0 aliphatic carbocycles. The summed E-state index contributed by atoms with van der Waals surface area (Å²) >= 11 is 7.56. The van der Waals surface area contributed by atoms with Gasteiger partial charge in [0.25, 0.3) is 0 Å². The number of nitrogens with zero attached hydrogens (tertiary/aromatic N) is 4. The van der Waals surface area contributed by atoms with Gasteiger partial charge in [0.05, 0.1) is 30.2 Å². The molecule has 1 aliphatic rings. The molecule has 0 spiro atoms. The first-order chi connectivity index (χ1) is 17.4. The third-order valence-electron chi connectivity index (χ3n) is 5.09. The average Bonchev–Trinajstić information content (AvgIpc) is 3.67. The summed E-state index contributed by atoms with van der Waals surface area (Å²) in [5.41, 5.74) is 2.97. The van der Waals surface area contributed by atoms with Crippen molar-refractivity contribution in [2.45, 2.75) is 33.1 Å². The van der Waals surface area contributed by atoms with Crippen LogP contribution in [0.25, 0.3) is 26.8 Å². The second kappa shape index (κ2) is 13.6. The SMILES string of the molecule is CCC.COC(=O)NCC(=O)N1CCCC1.Clc1ccc(-c2cn3cc(-c4cnc[nH]4)nc3s2)cc1. The Morgan fingerprint density at radius 1 is 1.17 bits per heavy atom. The lowest BCUT2D eigenvalue weighted by Gasteiger charge is -2.14. The molecule has 0 radical (unpaired) electrons. The molecule has 0 atom stereocenters. The van der Waals surface area contributed by atoms with Gasteiger partial charge in [0.1, 0.15) is 12.2 Å². The molecule has 1 aliphatic heterocycles. The van der Waals surface area contributed by atoms with E-state index in [4.69, 9.17) is 11.6 Å². The predicted octanol–water partition coefficient (Wildman–Crippen LogP) is 5.49. The molecule has 0 bridgehead atoms. The molecule has 5 rings (SSSR count). The fourth-order valence-corrected chi connectivity index (χ4v) is 4.46. The van der Waals surface area contributed by atoms with Gasteiger partial charge in [0.15, 0.2) is 4.96 Å². The lowest BCUT2D eigenvalue weighted by atomic mass is 10.2. The average molecular weight is 531 g/mol. The van der Waals surface area contributed by atoms with E-state index in [9.17, 15) is 9.59 Å². The summed E-state index contributed by atoms with van der Waals surface area (Å²) in [5, 5.41) is 3.10. The van der Waals surface area contributed by atoms with E-state index in [2.05, 4.69) is 45.0 Å². The molecule has 9 nitrogen and oxygen atoms in total. The van der Waals surface area contributed by atoms with E-state index < -0.39 is 6.09 Å². The zero-order valence-electron chi connectivity index (χ0n) is 20.7. The fraction of sp³-hybridized carbons (Fsp3) is 0.360. The Bertz CT molecular complexity index is 1200. The van der Waals surface area contributed by atoms with Gasteiger partial charge in [-0.15, -0.1) is 0 Å². The first kappa shape index (κ1) is 27.2. The van der Waals surface area contributed by atoms with Crippen LogP contribution in [0.15, 0.2) is 49.2 Å². The van der Waals surface area contributed by atoms with Gasteiger partial charge in [-0.2, -0.15) is 0 Å². The molecule has 0 saturated carbocycles. The summed E-state index contributed by atoms with van der Waals surface area (Å²) < 4.78 is 6.37. The Balaban J connectivity index is 0.000000196. The van der Waals surface area contributed by atoms with E-state index in [1.165, 1.54) is 18.4 Å². The lowest BCUT2D eigenvalue weighted by molar-refractivity contribution is -0.129. The molecule has 0 unspecified atom stereocenters. The Labute approximate surface area is 219 Å². The van der Waals surface area contributed by atoms with Crippen molar-refractivity contribution < 1.29 is 14.3 Å². The number of thiazole rings is 1. The molecule has 4 aromatic rings. The minimum absolute atomic E-state index is 0.0344. The van der Waals surface area contributed by atoms with E-state index >= 15 is 0 Å². The number of hydrogen-bond donors (Lipinski definition) is 2. The van der Waals surface area contributed by atoms with E-state index in [-0.39, 0.29) is 12.5 Å². The quantitative estimate of drug-likeness (QED) is 0.363. The molecule has 2 amide bonds. The van der Waals surface area contributed by atoms with Gasteiger partial charge in [-0.1, -0.05) is 55.3 Å². The maximum atomic E-state index is 11.3. The number of nitrogens with one attached hydrogen (secondary N) is 2. The number of methoxy groups -OCH3 is 1. The van der Waals surface area contributed by atoms with Crippen LogP contribution in [0, 0.1) is 0 Å². The van der Waals surface area contributed by atoms with Crippen molar-refractivity contribution in [2.75, 3.05) is 26.7 Å². The predicted molar refractivity (Wildman–Crippen MR) is 143 cm³/mol. The number of likely N-dealkylation sites (tertiary alicyclic amines) is 1. The van der Waals surface area contributed by atoms with Crippen molar-refractivity contribution in [1.82, 2.24) is 29.6 Å². The van der Waals surface area contributed by atoms with E-state index in [0.29, 0.717) is 0 Å². The first-order valence-electron chi connectivity index (χ1n) is 11.8. The largest absolute Gasteiger partial charge is 0.453 e. The van der Waals surface area contributed by atoms with Gasteiger partial charge >= 0.3 is 6.09 Å². The number of amides is 2. The van der Waals surface area contributed by atoms with Crippen LogP contribution in [0.3, 0.4) is 0 Å². The minimum atomic E-state index is -0.562. The third kappa shape index (κ3) is 7.56. The minimum Gasteiger partial charge on any atom is -0.453 e. The molecule has 11 heteroatoms. The summed E-state index contributed by atoms with van der Waals surface area (Å²) in [4.78, 5) is 37.5. The van der Waals surface area contributed by atoms with Crippen molar-refractivity contribution in [3.05, 3.63) is 54.2 Å². The molecule has 3 aromatic heterocycles. The molecule has 2 N–H and O–H groups in total. The number of fused-ring (bicyclic) bond motifs is 1. The molecule has 1 aromatic carbocycles. The second-order valence-electron chi connectivity index (χ2n) is 8.02. The third-order valence-corrected chi connectivity index (χ3v) is 6.38. The highest BCUT2D eigenvalue weighted by Gasteiger charge is 2.18. The normalized spacial score (nSPS) is 12.4. The number of aromatic amines is 1. The molecular formula is C25H31ClN6O3S. The van der Waals surface area contributed by atoms with E-state index in [1.54, 1.807) is 28.8 Å². The van der Waals surface area contributed by atoms with Crippen LogP contribution in [-0.2, 0) is 9.53 Å². The number of aromatic nitrogens is 4. The summed E-state index contributed by atoms with van der Waals surface area (Å²) in [6, 6.07) is 7.83. The van der Waals surface area contributed by atoms with Gasteiger partial charge in [-0.05, 0) is 30.5 Å². The maximum Gasteiger partial charge on any atom is 0.407 e. The van der Waals surface area contributed by atoms with Gasteiger partial charge in [0, 0.05) is 30.5 Å².